The molecule has 1 unspecified atom stereocenters. The summed E-state index contributed by atoms with van der Waals surface area (Å²) in [4.78, 5) is 24.9. The highest BCUT2D eigenvalue weighted by Crippen LogP contribution is 2.43. The van der Waals surface area contributed by atoms with E-state index in [1.165, 1.54) is 42.5 Å². The third kappa shape index (κ3) is 7.09. The number of hydrogen-bond donors (Lipinski definition) is 2. The van der Waals surface area contributed by atoms with Crippen molar-refractivity contribution in [1.29, 1.82) is 0 Å². The molecule has 2 aromatic rings. The minimum Gasteiger partial charge on any atom is -0.508 e. The Labute approximate surface area is 211 Å². The van der Waals surface area contributed by atoms with Crippen LogP contribution in [0.15, 0.2) is 36.4 Å². The van der Waals surface area contributed by atoms with Gasteiger partial charge in [0.05, 0.1) is 6.61 Å². The molecule has 4 rings (SSSR count). The van der Waals surface area contributed by atoms with E-state index in [0.717, 1.165) is 19.3 Å². The Kier molecular flexibility index (Phi) is 8.84. The first-order valence-electron chi connectivity index (χ1n) is 11.3. The van der Waals surface area contributed by atoms with Gasteiger partial charge < -0.3 is 29.2 Å². The highest BCUT2D eigenvalue weighted by molar-refractivity contribution is 8.77. The molecule has 2 aromatic carbocycles. The number of ether oxygens (including phenoxy) is 4. The van der Waals surface area contributed by atoms with Crippen molar-refractivity contribution in [2.75, 3.05) is 12.5 Å². The number of esters is 2. The lowest BCUT2D eigenvalue weighted by Gasteiger charge is -2.11. The predicted molar refractivity (Wildman–Crippen MR) is 134 cm³/mol. The van der Waals surface area contributed by atoms with Crippen molar-refractivity contribution in [3.05, 3.63) is 47.5 Å². The second-order valence-electron chi connectivity index (χ2n) is 8.00. The van der Waals surface area contributed by atoms with Crippen molar-refractivity contribution >= 4 is 39.6 Å². The molecule has 8 nitrogen and oxygen atoms in total. The molecule has 0 aromatic heterocycles. The summed E-state index contributed by atoms with van der Waals surface area (Å²) in [6, 6.07) is 7.51. The summed E-state index contributed by atoms with van der Waals surface area (Å²) in [6.07, 6.45) is 6.94. The number of carbonyl (C=O) groups is 2. The fourth-order valence-electron chi connectivity index (χ4n) is 3.59. The van der Waals surface area contributed by atoms with Crippen molar-refractivity contribution < 1.29 is 38.7 Å². The quantitative estimate of drug-likeness (QED) is 0.149. The zero-order valence-corrected chi connectivity index (χ0v) is 20.6. The average Bonchev–Trinajstić information content (AvgIpc) is 3.53. The van der Waals surface area contributed by atoms with Crippen LogP contribution in [0.2, 0.25) is 0 Å². The van der Waals surface area contributed by atoms with Crippen LogP contribution in [0.1, 0.15) is 43.2 Å². The van der Waals surface area contributed by atoms with Crippen LogP contribution in [-0.4, -0.2) is 39.9 Å². The third-order valence-electron chi connectivity index (χ3n) is 5.44. The SMILES string of the molecule is O=C(C=Cc1ccc(O)c(CO)c1)Oc1cc2c(cc1OC(=O)CCCCC1CCSS1)OCO2. The monoisotopic (exact) mass is 518 g/mol. The summed E-state index contributed by atoms with van der Waals surface area (Å²) in [5.41, 5.74) is 0.933. The van der Waals surface area contributed by atoms with E-state index in [-0.39, 0.29) is 37.1 Å². The van der Waals surface area contributed by atoms with E-state index in [9.17, 15) is 19.8 Å². The highest BCUT2D eigenvalue weighted by Gasteiger charge is 2.22. The van der Waals surface area contributed by atoms with Crippen molar-refractivity contribution in [3.8, 4) is 28.7 Å². The average molecular weight is 519 g/mol. The third-order valence-corrected chi connectivity index (χ3v) is 8.45. The van der Waals surface area contributed by atoms with E-state index in [1.54, 1.807) is 12.1 Å². The molecule has 0 spiro atoms. The first-order valence-corrected chi connectivity index (χ1v) is 13.7. The fraction of sp³-hybridized carbons (Fsp3) is 0.360. The van der Waals surface area contributed by atoms with Crippen molar-refractivity contribution in [1.82, 2.24) is 0 Å². The molecule has 1 atom stereocenters. The van der Waals surface area contributed by atoms with Gasteiger partial charge in [-0.2, -0.15) is 0 Å². The van der Waals surface area contributed by atoms with Crippen LogP contribution < -0.4 is 18.9 Å². The number of aliphatic hydroxyl groups is 1. The second kappa shape index (κ2) is 12.2. The number of aliphatic hydroxyl groups excluding tert-OH is 1. The largest absolute Gasteiger partial charge is 0.508 e. The molecule has 1 saturated heterocycles. The first kappa shape index (κ1) is 25.3. The van der Waals surface area contributed by atoms with E-state index in [2.05, 4.69) is 0 Å². The number of phenols is 1. The standard InChI is InChI=1S/C25H26O8S2/c26-14-17-11-16(5-7-19(17)27)6-8-25(29)33-23-13-21-20(30-15-31-21)12-22(23)32-24(28)4-2-1-3-18-9-10-34-35-18/h5-8,11-13,18,26-27H,1-4,9-10,14-15H2. The van der Waals surface area contributed by atoms with Gasteiger partial charge in [0.15, 0.2) is 23.0 Å². The predicted octanol–water partition coefficient (Wildman–Crippen LogP) is 4.85. The molecule has 35 heavy (non-hydrogen) atoms. The van der Waals surface area contributed by atoms with Gasteiger partial charge >= 0.3 is 11.9 Å². The summed E-state index contributed by atoms with van der Waals surface area (Å²) in [5.74, 6) is 0.952. The van der Waals surface area contributed by atoms with Gasteiger partial charge in [0.25, 0.3) is 0 Å². The molecule has 0 aliphatic carbocycles. The Balaban J connectivity index is 1.37. The van der Waals surface area contributed by atoms with E-state index < -0.39 is 11.9 Å². The molecule has 0 saturated carbocycles. The van der Waals surface area contributed by atoms with E-state index in [4.69, 9.17) is 18.9 Å². The Morgan fingerprint density at radius 3 is 2.57 bits per heavy atom. The van der Waals surface area contributed by atoms with Crippen LogP contribution in [0.25, 0.3) is 6.08 Å². The Morgan fingerprint density at radius 2 is 1.86 bits per heavy atom. The topological polar surface area (TPSA) is 112 Å². The number of hydrogen-bond acceptors (Lipinski definition) is 10. The maximum absolute atomic E-state index is 12.5. The van der Waals surface area contributed by atoms with Crippen molar-refractivity contribution in [3.63, 3.8) is 0 Å². The van der Waals surface area contributed by atoms with Crippen LogP contribution in [-0.2, 0) is 16.2 Å². The molecule has 186 valence electrons. The minimum atomic E-state index is -0.702. The molecule has 10 heteroatoms. The number of benzene rings is 2. The van der Waals surface area contributed by atoms with Gasteiger partial charge in [-0.15, -0.1) is 0 Å². The summed E-state index contributed by atoms with van der Waals surface area (Å²) in [7, 11) is 3.83. The lowest BCUT2D eigenvalue weighted by molar-refractivity contribution is -0.135. The normalized spacial score (nSPS) is 16.5. The number of fused-ring (bicyclic) bond motifs is 1. The minimum absolute atomic E-state index is 0.0194. The highest BCUT2D eigenvalue weighted by atomic mass is 33.1. The van der Waals surface area contributed by atoms with Crippen LogP contribution >= 0.6 is 21.6 Å². The molecule has 0 radical (unpaired) electrons. The van der Waals surface area contributed by atoms with Gasteiger partial charge in [-0.3, -0.25) is 4.79 Å². The molecule has 0 amide bonds. The van der Waals surface area contributed by atoms with E-state index in [1.807, 2.05) is 21.6 Å². The Morgan fingerprint density at radius 1 is 1.09 bits per heavy atom. The molecule has 1 fully saturated rings. The van der Waals surface area contributed by atoms with Gasteiger partial charge in [0, 0.05) is 41.2 Å². The molecule has 0 bridgehead atoms. The van der Waals surface area contributed by atoms with Gasteiger partial charge in [-0.05, 0) is 43.0 Å². The molecular formula is C25H26O8S2. The summed E-state index contributed by atoms with van der Waals surface area (Å²) in [6.45, 7) is -0.311. The Bertz CT molecular complexity index is 1100. The molecule has 2 aliphatic rings. The summed E-state index contributed by atoms with van der Waals surface area (Å²) >= 11 is 0. The summed E-state index contributed by atoms with van der Waals surface area (Å²) in [5, 5.41) is 19.6. The maximum Gasteiger partial charge on any atom is 0.336 e. The number of aromatic hydroxyl groups is 1. The molecular weight excluding hydrogens is 492 g/mol. The molecule has 2 aliphatic heterocycles. The zero-order chi connectivity index (χ0) is 24.6. The van der Waals surface area contributed by atoms with Crippen LogP contribution in [0, 0.1) is 0 Å². The Hall–Kier alpha value is -2.82. The zero-order valence-electron chi connectivity index (χ0n) is 18.9. The number of carbonyl (C=O) groups excluding carboxylic acids is 2. The van der Waals surface area contributed by atoms with Gasteiger partial charge in [-0.1, -0.05) is 34.1 Å². The van der Waals surface area contributed by atoms with E-state index >= 15 is 0 Å². The van der Waals surface area contributed by atoms with E-state index in [0.29, 0.717) is 27.9 Å². The second-order valence-corrected chi connectivity index (χ2v) is 10.8. The molecule has 2 heterocycles. The summed E-state index contributed by atoms with van der Waals surface area (Å²) < 4.78 is 21.6. The lowest BCUT2D eigenvalue weighted by Crippen LogP contribution is -2.11. The molecule has 2 N–H and O–H groups in total. The smallest absolute Gasteiger partial charge is 0.336 e. The van der Waals surface area contributed by atoms with Crippen LogP contribution in [0.3, 0.4) is 0 Å². The van der Waals surface area contributed by atoms with Gasteiger partial charge in [-0.25, -0.2) is 4.79 Å². The van der Waals surface area contributed by atoms with Crippen molar-refractivity contribution in [2.24, 2.45) is 0 Å². The maximum atomic E-state index is 12.5. The number of rotatable bonds is 10. The van der Waals surface area contributed by atoms with Gasteiger partial charge in [0.1, 0.15) is 5.75 Å². The van der Waals surface area contributed by atoms with Crippen LogP contribution in [0.5, 0.6) is 28.7 Å². The van der Waals surface area contributed by atoms with Crippen LogP contribution in [0.4, 0.5) is 0 Å². The first-order chi connectivity index (χ1) is 17.0. The van der Waals surface area contributed by atoms with Crippen molar-refractivity contribution in [2.45, 2.75) is 44.0 Å². The fourth-order valence-corrected chi connectivity index (χ4v) is 6.61. The van der Waals surface area contributed by atoms with Gasteiger partial charge in [0.2, 0.25) is 6.79 Å². The number of unbranched alkanes of at least 4 members (excludes halogenated alkanes) is 1. The lowest BCUT2D eigenvalue weighted by atomic mass is 10.1.